The summed E-state index contributed by atoms with van der Waals surface area (Å²) in [5.41, 5.74) is 0.420. The molecule has 2 rings (SSSR count). The molecule has 1 atom stereocenters. The van der Waals surface area contributed by atoms with Crippen molar-refractivity contribution < 1.29 is 32.6 Å². The first-order valence-corrected chi connectivity index (χ1v) is 10.7. The van der Waals surface area contributed by atoms with Crippen molar-refractivity contribution in [3.05, 3.63) is 24.3 Å². The van der Waals surface area contributed by atoms with Gasteiger partial charge in [0.1, 0.15) is 5.75 Å². The number of alkyl halides is 2. The molecule has 0 aliphatic carbocycles. The minimum absolute atomic E-state index is 0.0786. The first kappa shape index (κ1) is 25.6. The normalized spacial score (nSPS) is 15.2. The van der Waals surface area contributed by atoms with Crippen LogP contribution in [0.3, 0.4) is 0 Å². The molecule has 1 aromatic carbocycles. The number of hydrogen-bond acceptors (Lipinski definition) is 6. The number of benzene rings is 1. The van der Waals surface area contributed by atoms with Gasteiger partial charge in [0.05, 0.1) is 19.8 Å². The van der Waals surface area contributed by atoms with E-state index in [-0.39, 0.29) is 29.7 Å². The van der Waals surface area contributed by atoms with Gasteiger partial charge in [0.15, 0.2) is 0 Å². The highest BCUT2D eigenvalue weighted by molar-refractivity contribution is 5.77. The Kier molecular flexibility index (Phi) is 9.96. The van der Waals surface area contributed by atoms with Crippen LogP contribution in [0.25, 0.3) is 0 Å². The molecule has 8 nitrogen and oxygen atoms in total. The van der Waals surface area contributed by atoms with Crippen LogP contribution in [0.15, 0.2) is 24.3 Å². The lowest BCUT2D eigenvalue weighted by Crippen LogP contribution is -2.42. The number of nitrogens with one attached hydrogen (secondary N) is 2. The van der Waals surface area contributed by atoms with Crippen molar-refractivity contribution in [2.24, 2.45) is 5.41 Å². The summed E-state index contributed by atoms with van der Waals surface area (Å²) >= 11 is 0. The lowest BCUT2D eigenvalue weighted by molar-refractivity contribution is -0.137. The predicted octanol–water partition coefficient (Wildman–Crippen LogP) is 3.48. The monoisotopic (exact) mass is 457 g/mol. The fraction of sp³-hybridized carbons (Fsp3) is 0.636. The van der Waals surface area contributed by atoms with Gasteiger partial charge in [-0.15, -0.1) is 0 Å². The Morgan fingerprint density at radius 2 is 1.84 bits per heavy atom. The lowest BCUT2D eigenvalue weighted by atomic mass is 9.85. The van der Waals surface area contributed by atoms with Gasteiger partial charge in [0.2, 0.25) is 5.91 Å². The first-order valence-electron chi connectivity index (χ1n) is 10.7. The highest BCUT2D eigenvalue weighted by Crippen LogP contribution is 2.26. The van der Waals surface area contributed by atoms with Gasteiger partial charge in [-0.1, -0.05) is 13.8 Å². The maximum absolute atomic E-state index is 12.4. The molecular formula is C22H33F2N3O5. The Morgan fingerprint density at radius 1 is 1.19 bits per heavy atom. The van der Waals surface area contributed by atoms with Crippen LogP contribution in [0.4, 0.5) is 19.3 Å². The van der Waals surface area contributed by atoms with E-state index in [4.69, 9.17) is 9.47 Å². The summed E-state index contributed by atoms with van der Waals surface area (Å²) in [6, 6.07) is 5.88. The molecule has 10 heteroatoms. The van der Waals surface area contributed by atoms with E-state index in [1.54, 1.807) is 12.1 Å². The number of halogens is 2. The molecule has 0 radical (unpaired) electrons. The fourth-order valence-electron chi connectivity index (χ4n) is 3.16. The summed E-state index contributed by atoms with van der Waals surface area (Å²) in [6.45, 7) is 5.92. The average Bonchev–Trinajstić information content (AvgIpc) is 2.73. The number of nitrogens with zero attached hydrogens (tertiary/aromatic N) is 1. The fourth-order valence-corrected chi connectivity index (χ4v) is 3.16. The van der Waals surface area contributed by atoms with E-state index in [2.05, 4.69) is 15.4 Å². The van der Waals surface area contributed by atoms with Crippen molar-refractivity contribution in [3.8, 4) is 5.75 Å². The molecule has 1 aliphatic heterocycles. The number of carbonyl (C=O) groups excluding carboxylic acids is 2. The van der Waals surface area contributed by atoms with Crippen LogP contribution in [0.5, 0.6) is 5.75 Å². The van der Waals surface area contributed by atoms with Gasteiger partial charge in [-0.05, 0) is 43.0 Å². The zero-order chi connectivity index (χ0) is 23.6. The third-order valence-electron chi connectivity index (χ3n) is 5.06. The van der Waals surface area contributed by atoms with Gasteiger partial charge in [-0.25, -0.2) is 4.79 Å². The number of hydrogen-bond donors (Lipinski definition) is 2. The molecule has 2 amide bonds. The summed E-state index contributed by atoms with van der Waals surface area (Å²) in [4.78, 5) is 26.3. The van der Waals surface area contributed by atoms with Crippen LogP contribution < -0.4 is 15.4 Å². The molecule has 32 heavy (non-hydrogen) atoms. The van der Waals surface area contributed by atoms with E-state index in [1.165, 1.54) is 12.1 Å². The minimum atomic E-state index is -2.86. The van der Waals surface area contributed by atoms with Gasteiger partial charge in [0.25, 0.3) is 0 Å². The first-order chi connectivity index (χ1) is 15.1. The molecule has 1 fully saturated rings. The van der Waals surface area contributed by atoms with Gasteiger partial charge in [0, 0.05) is 37.8 Å². The highest BCUT2D eigenvalue weighted by Gasteiger charge is 2.26. The molecule has 1 saturated heterocycles. The van der Waals surface area contributed by atoms with Crippen LogP contribution in [0.2, 0.25) is 0 Å². The summed E-state index contributed by atoms with van der Waals surface area (Å²) in [5, 5.41) is 5.83. The van der Waals surface area contributed by atoms with E-state index >= 15 is 0 Å². The standard InChI is InChI=1S/C22H33F2N3O5/c1-16(15-25-17-4-6-18(7-5-17)32-20(23)24)26-21(29)31-11-8-22(2,3)14-19(28)27-9-12-30-13-10-27/h4-7,16,20,25H,8-15H2,1-3H3,(H,26,29)/t16-/m0/s1. The van der Waals surface area contributed by atoms with E-state index in [0.29, 0.717) is 51.4 Å². The molecule has 0 aromatic heterocycles. The highest BCUT2D eigenvalue weighted by atomic mass is 19.3. The van der Waals surface area contributed by atoms with Crippen molar-refractivity contribution in [1.29, 1.82) is 0 Å². The molecule has 1 aromatic rings. The van der Waals surface area contributed by atoms with Crippen LogP contribution in [-0.2, 0) is 14.3 Å². The van der Waals surface area contributed by atoms with Crippen molar-refractivity contribution in [1.82, 2.24) is 10.2 Å². The lowest BCUT2D eigenvalue weighted by Gasteiger charge is -2.31. The Balaban J connectivity index is 1.63. The Morgan fingerprint density at radius 3 is 2.47 bits per heavy atom. The second kappa shape index (κ2) is 12.4. The molecular weight excluding hydrogens is 424 g/mol. The van der Waals surface area contributed by atoms with E-state index in [9.17, 15) is 18.4 Å². The van der Waals surface area contributed by atoms with E-state index in [0.717, 1.165) is 0 Å². The quantitative estimate of drug-likeness (QED) is 0.529. The zero-order valence-electron chi connectivity index (χ0n) is 18.9. The zero-order valence-corrected chi connectivity index (χ0v) is 18.9. The molecule has 0 bridgehead atoms. The molecule has 1 aliphatic rings. The summed E-state index contributed by atoms with van der Waals surface area (Å²) in [6.07, 6.45) is 0.422. The average molecular weight is 458 g/mol. The topological polar surface area (TPSA) is 89.1 Å². The second-order valence-electron chi connectivity index (χ2n) is 8.55. The van der Waals surface area contributed by atoms with Gasteiger partial charge in [-0.3, -0.25) is 4.79 Å². The SMILES string of the molecule is C[C@@H](CNc1ccc(OC(F)F)cc1)NC(=O)OCCC(C)(C)CC(=O)N1CCOCC1. The van der Waals surface area contributed by atoms with Crippen LogP contribution in [0, 0.1) is 5.41 Å². The number of alkyl carbamates (subject to hydrolysis) is 1. The summed E-state index contributed by atoms with van der Waals surface area (Å²) in [7, 11) is 0. The molecule has 180 valence electrons. The smallest absolute Gasteiger partial charge is 0.407 e. The predicted molar refractivity (Wildman–Crippen MR) is 116 cm³/mol. The largest absolute Gasteiger partial charge is 0.450 e. The van der Waals surface area contributed by atoms with Crippen LogP contribution >= 0.6 is 0 Å². The van der Waals surface area contributed by atoms with Crippen LogP contribution in [0.1, 0.15) is 33.6 Å². The Hall–Kier alpha value is -2.62. The van der Waals surface area contributed by atoms with Crippen LogP contribution in [-0.4, -0.2) is 69.0 Å². The maximum atomic E-state index is 12.4. The molecule has 1 heterocycles. The molecule has 0 saturated carbocycles. The number of carbonyl (C=O) groups is 2. The molecule has 0 spiro atoms. The third-order valence-corrected chi connectivity index (χ3v) is 5.06. The van der Waals surface area contributed by atoms with Crippen molar-refractivity contribution in [2.75, 3.05) is 44.8 Å². The van der Waals surface area contributed by atoms with Gasteiger partial charge in [-0.2, -0.15) is 8.78 Å². The van der Waals surface area contributed by atoms with Gasteiger partial charge < -0.3 is 29.7 Å². The third kappa shape index (κ3) is 9.67. The van der Waals surface area contributed by atoms with Crippen molar-refractivity contribution in [2.45, 2.75) is 46.3 Å². The number of anilines is 1. The second-order valence-corrected chi connectivity index (χ2v) is 8.55. The Labute approximate surface area is 187 Å². The summed E-state index contributed by atoms with van der Waals surface area (Å²) < 4.78 is 39.2. The van der Waals surface area contributed by atoms with Crippen molar-refractivity contribution in [3.63, 3.8) is 0 Å². The number of amides is 2. The Bertz CT molecular complexity index is 725. The van der Waals surface area contributed by atoms with Gasteiger partial charge >= 0.3 is 12.7 Å². The van der Waals surface area contributed by atoms with Crippen molar-refractivity contribution >= 4 is 17.7 Å². The van der Waals surface area contributed by atoms with E-state index in [1.807, 2.05) is 25.7 Å². The number of rotatable bonds is 11. The number of morpholine rings is 1. The maximum Gasteiger partial charge on any atom is 0.407 e. The van der Waals surface area contributed by atoms with E-state index < -0.39 is 12.7 Å². The molecule has 0 unspecified atom stereocenters. The minimum Gasteiger partial charge on any atom is -0.450 e. The number of ether oxygens (including phenoxy) is 3. The summed E-state index contributed by atoms with van der Waals surface area (Å²) in [5.74, 6) is 0.172. The molecule has 2 N–H and O–H groups in total.